The van der Waals surface area contributed by atoms with Crippen molar-refractivity contribution in [3.63, 3.8) is 0 Å². The Hall–Kier alpha value is -2.08. The minimum absolute atomic E-state index is 0.430. The molecule has 0 spiro atoms. The van der Waals surface area contributed by atoms with Gasteiger partial charge in [-0.3, -0.25) is 4.99 Å². The smallest absolute Gasteiger partial charge is 0.246 e. The molecule has 1 aliphatic carbocycles. The number of benzene rings is 1. The molecule has 0 aliphatic heterocycles. The van der Waals surface area contributed by atoms with Gasteiger partial charge in [-0.2, -0.15) is 4.98 Å². The average molecular weight is 362 g/mol. The summed E-state index contributed by atoms with van der Waals surface area (Å²) >= 11 is 5.90. The van der Waals surface area contributed by atoms with Crippen LogP contribution in [0.2, 0.25) is 5.02 Å². The highest BCUT2D eigenvalue weighted by atomic mass is 35.5. The van der Waals surface area contributed by atoms with Gasteiger partial charge in [0.15, 0.2) is 5.96 Å². The lowest BCUT2D eigenvalue weighted by Gasteiger charge is -2.41. The zero-order chi connectivity index (χ0) is 17.7. The van der Waals surface area contributed by atoms with E-state index in [9.17, 15) is 0 Å². The molecule has 0 radical (unpaired) electrons. The third-order valence-corrected chi connectivity index (χ3v) is 5.25. The zero-order valence-corrected chi connectivity index (χ0v) is 15.4. The fourth-order valence-electron chi connectivity index (χ4n) is 3.03. The van der Waals surface area contributed by atoms with E-state index in [1.54, 1.807) is 19.2 Å². The Bertz CT molecular complexity index is 716. The number of nitrogens with zero attached hydrogens (tertiary/aromatic N) is 3. The van der Waals surface area contributed by atoms with Crippen molar-refractivity contribution in [2.45, 2.75) is 39.2 Å². The van der Waals surface area contributed by atoms with Crippen LogP contribution in [0.25, 0.3) is 11.4 Å². The van der Waals surface area contributed by atoms with Crippen molar-refractivity contribution in [2.24, 2.45) is 10.4 Å². The van der Waals surface area contributed by atoms with Crippen molar-refractivity contribution >= 4 is 17.6 Å². The predicted octanol–water partition coefficient (Wildman–Crippen LogP) is 3.64. The summed E-state index contributed by atoms with van der Waals surface area (Å²) in [5.74, 6) is 1.82. The number of aliphatic imine (C=N–C) groups is 1. The molecule has 25 heavy (non-hydrogen) atoms. The second kappa shape index (κ2) is 7.87. The van der Waals surface area contributed by atoms with Gasteiger partial charge in [-0.1, -0.05) is 30.1 Å². The van der Waals surface area contributed by atoms with Crippen LogP contribution in [0.1, 0.15) is 38.5 Å². The number of nitrogens with one attached hydrogen (secondary N) is 2. The van der Waals surface area contributed by atoms with Gasteiger partial charge >= 0.3 is 0 Å². The quantitative estimate of drug-likeness (QED) is 0.607. The fraction of sp³-hybridized carbons (Fsp3) is 0.500. The van der Waals surface area contributed by atoms with Gasteiger partial charge in [0.2, 0.25) is 11.7 Å². The molecule has 1 fully saturated rings. The van der Waals surface area contributed by atoms with Crippen LogP contribution in [0.4, 0.5) is 0 Å². The van der Waals surface area contributed by atoms with E-state index in [4.69, 9.17) is 16.1 Å². The molecule has 1 saturated carbocycles. The summed E-state index contributed by atoms with van der Waals surface area (Å²) in [7, 11) is 1.77. The highest BCUT2D eigenvalue weighted by Crippen LogP contribution is 2.42. The number of guanidine groups is 1. The van der Waals surface area contributed by atoms with E-state index in [0.717, 1.165) is 18.1 Å². The highest BCUT2D eigenvalue weighted by molar-refractivity contribution is 6.30. The van der Waals surface area contributed by atoms with Crippen molar-refractivity contribution in [3.8, 4) is 11.4 Å². The van der Waals surface area contributed by atoms with Gasteiger partial charge in [0.25, 0.3) is 0 Å². The van der Waals surface area contributed by atoms with E-state index >= 15 is 0 Å². The Morgan fingerprint density at radius 3 is 2.64 bits per heavy atom. The lowest BCUT2D eigenvalue weighted by molar-refractivity contribution is 0.131. The van der Waals surface area contributed by atoms with Gasteiger partial charge in [0.05, 0.1) is 6.54 Å². The second-order valence-electron chi connectivity index (χ2n) is 6.51. The summed E-state index contributed by atoms with van der Waals surface area (Å²) < 4.78 is 5.30. The summed E-state index contributed by atoms with van der Waals surface area (Å²) in [5, 5.41) is 11.3. The summed E-state index contributed by atoms with van der Waals surface area (Å²) in [5.41, 5.74) is 1.31. The lowest BCUT2D eigenvalue weighted by Crippen LogP contribution is -2.46. The van der Waals surface area contributed by atoms with Crippen molar-refractivity contribution in [1.29, 1.82) is 0 Å². The maximum atomic E-state index is 5.90. The molecule has 6 nitrogen and oxygen atoms in total. The summed E-state index contributed by atoms with van der Waals surface area (Å²) in [4.78, 5) is 8.67. The van der Waals surface area contributed by atoms with E-state index in [2.05, 4.69) is 32.7 Å². The first-order chi connectivity index (χ1) is 12.1. The second-order valence-corrected chi connectivity index (χ2v) is 6.94. The first-order valence-electron chi connectivity index (χ1n) is 8.67. The van der Waals surface area contributed by atoms with Gasteiger partial charge < -0.3 is 15.2 Å². The van der Waals surface area contributed by atoms with Crippen LogP contribution in [0.3, 0.4) is 0 Å². The van der Waals surface area contributed by atoms with Gasteiger partial charge in [0.1, 0.15) is 0 Å². The minimum Gasteiger partial charge on any atom is -0.356 e. The molecule has 1 heterocycles. The van der Waals surface area contributed by atoms with Crippen LogP contribution in [0.5, 0.6) is 0 Å². The SMILES string of the molecule is CCC1(CNC(=NC)NCc2nc(-c3ccc(Cl)cc3)no2)CCC1. The molecule has 2 N–H and O–H groups in total. The molecular weight excluding hydrogens is 338 g/mol. The Morgan fingerprint density at radius 2 is 2.04 bits per heavy atom. The van der Waals surface area contributed by atoms with Crippen molar-refractivity contribution in [2.75, 3.05) is 13.6 Å². The molecule has 0 saturated heterocycles. The van der Waals surface area contributed by atoms with Gasteiger partial charge in [-0.15, -0.1) is 0 Å². The topological polar surface area (TPSA) is 75.3 Å². The zero-order valence-electron chi connectivity index (χ0n) is 14.7. The summed E-state index contributed by atoms with van der Waals surface area (Å²) in [6.07, 6.45) is 5.12. The Morgan fingerprint density at radius 1 is 1.28 bits per heavy atom. The maximum absolute atomic E-state index is 5.90. The molecular formula is C18H24ClN5O. The Labute approximate surface area is 153 Å². The molecule has 0 atom stereocenters. The minimum atomic E-state index is 0.430. The average Bonchev–Trinajstić information content (AvgIpc) is 3.06. The van der Waals surface area contributed by atoms with Crippen molar-refractivity contribution in [3.05, 3.63) is 35.2 Å². The van der Waals surface area contributed by atoms with Crippen molar-refractivity contribution in [1.82, 2.24) is 20.8 Å². The normalized spacial score (nSPS) is 16.4. The Kier molecular flexibility index (Phi) is 5.58. The summed E-state index contributed by atoms with van der Waals surface area (Å²) in [6.45, 7) is 3.64. The monoisotopic (exact) mass is 361 g/mol. The van der Waals surface area contributed by atoms with Crippen molar-refractivity contribution < 1.29 is 4.52 Å². The van der Waals surface area contributed by atoms with Crippen LogP contribution in [-0.2, 0) is 6.54 Å². The van der Waals surface area contributed by atoms with E-state index < -0.39 is 0 Å². The molecule has 2 aromatic rings. The molecule has 0 amide bonds. The molecule has 3 rings (SSSR count). The lowest BCUT2D eigenvalue weighted by atomic mass is 9.67. The number of aromatic nitrogens is 2. The fourth-order valence-corrected chi connectivity index (χ4v) is 3.15. The third-order valence-electron chi connectivity index (χ3n) is 5.00. The summed E-state index contributed by atoms with van der Waals surface area (Å²) in [6, 6.07) is 7.35. The number of halogens is 1. The van der Waals surface area contributed by atoms with E-state index in [0.29, 0.717) is 28.7 Å². The predicted molar refractivity (Wildman–Crippen MR) is 99.5 cm³/mol. The van der Waals surface area contributed by atoms with Crippen LogP contribution in [0.15, 0.2) is 33.8 Å². The van der Waals surface area contributed by atoms with Crippen LogP contribution in [0, 0.1) is 5.41 Å². The first-order valence-corrected chi connectivity index (χ1v) is 9.05. The van der Waals surface area contributed by atoms with E-state index in [-0.39, 0.29) is 0 Å². The molecule has 7 heteroatoms. The standard InChI is InChI=1S/C18H24ClN5O/c1-3-18(9-4-10-18)12-22-17(20-2)21-11-15-23-16(24-25-15)13-5-7-14(19)8-6-13/h5-8H,3-4,9-12H2,1-2H3,(H2,20,21,22). The van der Waals surface area contributed by atoms with E-state index in [1.165, 1.54) is 25.7 Å². The number of hydrogen-bond acceptors (Lipinski definition) is 4. The molecule has 1 aromatic heterocycles. The number of rotatable bonds is 6. The first kappa shape index (κ1) is 17.7. The largest absolute Gasteiger partial charge is 0.356 e. The van der Waals surface area contributed by atoms with Crippen LogP contribution in [-0.4, -0.2) is 29.7 Å². The molecule has 0 unspecified atom stereocenters. The van der Waals surface area contributed by atoms with Gasteiger partial charge in [-0.25, -0.2) is 0 Å². The van der Waals surface area contributed by atoms with Gasteiger partial charge in [-0.05, 0) is 48.9 Å². The maximum Gasteiger partial charge on any atom is 0.246 e. The van der Waals surface area contributed by atoms with Crippen LogP contribution < -0.4 is 10.6 Å². The highest BCUT2D eigenvalue weighted by Gasteiger charge is 2.34. The van der Waals surface area contributed by atoms with Gasteiger partial charge in [0, 0.05) is 24.2 Å². The third kappa shape index (κ3) is 4.31. The molecule has 1 aromatic carbocycles. The van der Waals surface area contributed by atoms with E-state index in [1.807, 2.05) is 12.1 Å². The molecule has 134 valence electrons. The molecule has 0 bridgehead atoms. The molecule has 1 aliphatic rings. The van der Waals surface area contributed by atoms with Crippen LogP contribution >= 0.6 is 11.6 Å². The number of hydrogen-bond donors (Lipinski definition) is 2. The Balaban J connectivity index is 1.53.